The van der Waals surface area contributed by atoms with Gasteiger partial charge < -0.3 is 10.2 Å². The monoisotopic (exact) mass is 283 g/mol. The molecule has 0 aromatic carbocycles. The average Bonchev–Trinajstić information content (AvgIpc) is 2.74. The second-order valence-corrected chi connectivity index (χ2v) is 5.25. The van der Waals surface area contributed by atoms with Crippen molar-refractivity contribution in [2.75, 3.05) is 24.3 Å². The molecule has 2 rings (SSSR count). The number of hydrogen-bond acceptors (Lipinski definition) is 6. The lowest BCUT2D eigenvalue weighted by atomic mass is 10.4. The number of hydrogen-bond donors (Lipinski definition) is 1. The minimum absolute atomic E-state index is 0.420. The van der Waals surface area contributed by atoms with Crippen molar-refractivity contribution in [2.45, 2.75) is 13.5 Å². The van der Waals surface area contributed by atoms with E-state index in [9.17, 15) is 0 Å². The van der Waals surface area contributed by atoms with Gasteiger partial charge in [-0.2, -0.15) is 0 Å². The second-order valence-electron chi connectivity index (χ2n) is 3.83. The van der Waals surface area contributed by atoms with E-state index in [-0.39, 0.29) is 0 Å². The molecule has 2 heterocycles. The summed E-state index contributed by atoms with van der Waals surface area (Å²) in [5, 5.41) is 6.55. The van der Waals surface area contributed by atoms with Crippen LogP contribution >= 0.6 is 22.9 Å². The van der Waals surface area contributed by atoms with Gasteiger partial charge in [-0.1, -0.05) is 11.6 Å². The second kappa shape index (κ2) is 5.49. The minimum Gasteiger partial charge on any atom is -0.383 e. The summed E-state index contributed by atoms with van der Waals surface area (Å²) in [5.74, 6) is 0.767. The van der Waals surface area contributed by atoms with Crippen molar-refractivity contribution in [1.82, 2.24) is 15.0 Å². The summed E-state index contributed by atoms with van der Waals surface area (Å²) in [6.07, 6.45) is 1.46. The summed E-state index contributed by atoms with van der Waals surface area (Å²) in [7, 11) is 3.75. The molecule has 2 aromatic rings. The van der Waals surface area contributed by atoms with Crippen LogP contribution in [0.25, 0.3) is 0 Å². The Morgan fingerprint density at radius 2 is 2.22 bits per heavy atom. The SMILES string of the molecule is CNc1c(Cl)ncnc1N(C)Cc1csc(C)n1. The Balaban J connectivity index is 2.23. The molecule has 0 saturated carbocycles. The van der Waals surface area contributed by atoms with Crippen molar-refractivity contribution in [3.63, 3.8) is 0 Å². The molecule has 0 aliphatic rings. The summed E-state index contributed by atoms with van der Waals surface area (Å²) < 4.78 is 0. The van der Waals surface area contributed by atoms with Gasteiger partial charge in [0.2, 0.25) is 0 Å². The lowest BCUT2D eigenvalue weighted by Crippen LogP contribution is -2.19. The normalized spacial score (nSPS) is 10.4. The van der Waals surface area contributed by atoms with E-state index >= 15 is 0 Å². The fourth-order valence-electron chi connectivity index (χ4n) is 1.66. The Kier molecular flexibility index (Phi) is 3.98. The van der Waals surface area contributed by atoms with Crippen LogP contribution in [0.2, 0.25) is 5.15 Å². The Hall–Kier alpha value is -1.40. The highest BCUT2D eigenvalue weighted by molar-refractivity contribution is 7.09. The summed E-state index contributed by atoms with van der Waals surface area (Å²) >= 11 is 7.67. The fraction of sp³-hybridized carbons (Fsp3) is 0.364. The molecular formula is C11H14ClN5S. The van der Waals surface area contributed by atoms with Gasteiger partial charge in [-0.3, -0.25) is 0 Å². The van der Waals surface area contributed by atoms with E-state index in [0.29, 0.717) is 11.7 Å². The summed E-state index contributed by atoms with van der Waals surface area (Å²) in [4.78, 5) is 14.6. The summed E-state index contributed by atoms with van der Waals surface area (Å²) in [5.41, 5.74) is 1.76. The van der Waals surface area contributed by atoms with Crippen LogP contribution in [0.15, 0.2) is 11.7 Å². The molecule has 96 valence electrons. The van der Waals surface area contributed by atoms with Crippen LogP contribution < -0.4 is 10.2 Å². The van der Waals surface area contributed by atoms with Crippen LogP contribution in [0, 0.1) is 6.92 Å². The Morgan fingerprint density at radius 3 is 2.83 bits per heavy atom. The standard InChI is InChI=1S/C11H14ClN5S/c1-7-16-8(5-18-7)4-17(3)11-9(13-2)10(12)14-6-15-11/h5-6,13H,4H2,1-3H3. The Labute approximate surface area is 115 Å². The molecule has 0 saturated heterocycles. The van der Waals surface area contributed by atoms with Gasteiger partial charge in [0.05, 0.1) is 17.2 Å². The first-order valence-corrected chi connectivity index (χ1v) is 6.68. The van der Waals surface area contributed by atoms with E-state index in [2.05, 4.69) is 20.3 Å². The molecule has 2 aromatic heterocycles. The predicted molar refractivity (Wildman–Crippen MR) is 75.5 cm³/mol. The van der Waals surface area contributed by atoms with Gasteiger partial charge in [-0.25, -0.2) is 15.0 Å². The highest BCUT2D eigenvalue weighted by atomic mass is 35.5. The number of aromatic nitrogens is 3. The third-order valence-electron chi connectivity index (χ3n) is 2.46. The zero-order valence-electron chi connectivity index (χ0n) is 10.4. The number of anilines is 2. The smallest absolute Gasteiger partial charge is 0.157 e. The highest BCUT2D eigenvalue weighted by Crippen LogP contribution is 2.28. The summed E-state index contributed by atoms with van der Waals surface area (Å²) in [6, 6.07) is 0. The number of nitrogens with one attached hydrogen (secondary N) is 1. The lowest BCUT2D eigenvalue weighted by molar-refractivity contribution is 0.866. The molecule has 0 aliphatic heterocycles. The van der Waals surface area contributed by atoms with Crippen molar-refractivity contribution < 1.29 is 0 Å². The van der Waals surface area contributed by atoms with Crippen molar-refractivity contribution in [3.05, 3.63) is 27.6 Å². The number of nitrogens with zero attached hydrogens (tertiary/aromatic N) is 4. The van der Waals surface area contributed by atoms with Crippen molar-refractivity contribution >= 4 is 34.4 Å². The molecule has 0 fully saturated rings. The number of halogens is 1. The molecule has 0 radical (unpaired) electrons. The molecule has 0 spiro atoms. The van der Waals surface area contributed by atoms with Gasteiger partial charge in [0.15, 0.2) is 11.0 Å². The minimum atomic E-state index is 0.420. The maximum absolute atomic E-state index is 6.03. The summed E-state index contributed by atoms with van der Waals surface area (Å²) in [6.45, 7) is 2.68. The predicted octanol–water partition coefficient (Wildman–Crippen LogP) is 2.57. The number of thiazole rings is 1. The van der Waals surface area contributed by atoms with Gasteiger partial charge >= 0.3 is 0 Å². The average molecular weight is 284 g/mol. The third kappa shape index (κ3) is 2.70. The van der Waals surface area contributed by atoms with Crippen molar-refractivity contribution in [2.24, 2.45) is 0 Å². The van der Waals surface area contributed by atoms with Crippen molar-refractivity contribution in [1.29, 1.82) is 0 Å². The first-order valence-electron chi connectivity index (χ1n) is 5.42. The first-order chi connectivity index (χ1) is 8.61. The topological polar surface area (TPSA) is 53.9 Å². The molecule has 18 heavy (non-hydrogen) atoms. The van der Waals surface area contributed by atoms with E-state index in [1.54, 1.807) is 18.4 Å². The molecular weight excluding hydrogens is 270 g/mol. The highest BCUT2D eigenvalue weighted by Gasteiger charge is 2.13. The van der Waals surface area contributed by atoms with E-state index in [0.717, 1.165) is 22.2 Å². The van der Waals surface area contributed by atoms with E-state index in [1.165, 1.54) is 6.33 Å². The van der Waals surface area contributed by atoms with Crippen LogP contribution in [0.3, 0.4) is 0 Å². The largest absolute Gasteiger partial charge is 0.383 e. The molecule has 7 heteroatoms. The number of aryl methyl sites for hydroxylation is 1. The van der Waals surface area contributed by atoms with Crippen LogP contribution in [0.4, 0.5) is 11.5 Å². The van der Waals surface area contributed by atoms with Gasteiger partial charge in [0.1, 0.15) is 12.0 Å². The molecule has 5 nitrogen and oxygen atoms in total. The molecule has 0 aliphatic carbocycles. The maximum atomic E-state index is 6.03. The molecule has 0 atom stereocenters. The maximum Gasteiger partial charge on any atom is 0.157 e. The van der Waals surface area contributed by atoms with Crippen molar-refractivity contribution in [3.8, 4) is 0 Å². The fourth-order valence-corrected chi connectivity index (χ4v) is 2.49. The van der Waals surface area contributed by atoms with E-state index in [4.69, 9.17) is 11.6 Å². The number of rotatable bonds is 4. The third-order valence-corrected chi connectivity index (χ3v) is 3.57. The van der Waals surface area contributed by atoms with Crippen LogP contribution in [0.1, 0.15) is 10.7 Å². The van der Waals surface area contributed by atoms with Crippen LogP contribution in [0.5, 0.6) is 0 Å². The zero-order chi connectivity index (χ0) is 13.1. The molecule has 0 amide bonds. The van der Waals surface area contributed by atoms with Crippen LogP contribution in [-0.2, 0) is 6.54 Å². The van der Waals surface area contributed by atoms with E-state index in [1.807, 2.05) is 24.3 Å². The Morgan fingerprint density at radius 1 is 1.44 bits per heavy atom. The van der Waals surface area contributed by atoms with E-state index < -0.39 is 0 Å². The van der Waals surface area contributed by atoms with Gasteiger partial charge in [-0.05, 0) is 6.92 Å². The lowest BCUT2D eigenvalue weighted by Gasteiger charge is -2.20. The quantitative estimate of drug-likeness (QED) is 0.874. The molecule has 0 unspecified atom stereocenters. The molecule has 0 bridgehead atoms. The zero-order valence-corrected chi connectivity index (χ0v) is 12.0. The van der Waals surface area contributed by atoms with Gasteiger partial charge in [-0.15, -0.1) is 11.3 Å². The Bertz CT molecular complexity index is 542. The van der Waals surface area contributed by atoms with Crippen LogP contribution in [-0.4, -0.2) is 29.0 Å². The van der Waals surface area contributed by atoms with Gasteiger partial charge in [0.25, 0.3) is 0 Å². The molecule has 1 N–H and O–H groups in total. The van der Waals surface area contributed by atoms with Gasteiger partial charge in [0, 0.05) is 19.5 Å². The first kappa shape index (κ1) is 13.0.